The summed E-state index contributed by atoms with van der Waals surface area (Å²) in [6.45, 7) is 2.55. The van der Waals surface area contributed by atoms with Gasteiger partial charge in [0.2, 0.25) is 5.78 Å². The Kier molecular flexibility index (Phi) is 4.78. The van der Waals surface area contributed by atoms with Gasteiger partial charge in [0.05, 0.1) is 10.4 Å². The van der Waals surface area contributed by atoms with Crippen LogP contribution in [-0.2, 0) is 13.0 Å². The van der Waals surface area contributed by atoms with Gasteiger partial charge in [-0.05, 0) is 29.5 Å². The van der Waals surface area contributed by atoms with Gasteiger partial charge in [0.25, 0.3) is 0 Å². The van der Waals surface area contributed by atoms with Crippen molar-refractivity contribution in [3.8, 4) is 5.75 Å². The third-order valence-corrected chi connectivity index (χ3v) is 4.43. The van der Waals surface area contributed by atoms with Crippen LogP contribution in [0.1, 0.15) is 33.3 Å². The highest BCUT2D eigenvalue weighted by atomic mass is 32.1. The summed E-state index contributed by atoms with van der Waals surface area (Å²) >= 11 is 1.41. The molecule has 0 atom stereocenters. The molecule has 5 heteroatoms. The van der Waals surface area contributed by atoms with Crippen LogP contribution < -0.4 is 4.74 Å². The Balaban J connectivity index is 1.69. The summed E-state index contributed by atoms with van der Waals surface area (Å²) in [7, 11) is 0. The molecular formula is C18H16N2O2S. The highest BCUT2D eigenvalue weighted by molar-refractivity contribution is 7.12. The first-order valence-electron chi connectivity index (χ1n) is 7.35. The number of rotatable bonds is 6. The summed E-state index contributed by atoms with van der Waals surface area (Å²) in [6, 6.07) is 9.88. The number of benzene rings is 1. The average Bonchev–Trinajstić information content (AvgIpc) is 3.09. The molecule has 0 N–H and O–H groups in total. The minimum Gasteiger partial charge on any atom is -0.489 e. The number of nitrogens with zero attached hydrogens (tertiary/aromatic N) is 2. The smallest absolute Gasteiger partial charge is 0.206 e. The molecule has 0 amide bonds. The fraction of sp³-hybridized carbons (Fsp3) is 0.167. The standard InChI is InChI=1S/C18H16N2O2S/c1-2-14-5-3-4-6-16(14)22-10-13-7-17(23-11-13)18(21)15-8-19-12-20-9-15/h3-9,11-12H,2,10H2,1H3. The minimum absolute atomic E-state index is 0.0594. The Morgan fingerprint density at radius 3 is 2.78 bits per heavy atom. The van der Waals surface area contributed by atoms with E-state index in [2.05, 4.69) is 23.0 Å². The van der Waals surface area contributed by atoms with Gasteiger partial charge in [-0.15, -0.1) is 11.3 Å². The van der Waals surface area contributed by atoms with Crippen molar-refractivity contribution in [2.45, 2.75) is 20.0 Å². The normalized spacial score (nSPS) is 10.5. The highest BCUT2D eigenvalue weighted by Gasteiger charge is 2.12. The summed E-state index contributed by atoms with van der Waals surface area (Å²) in [5.74, 6) is 0.835. The molecular weight excluding hydrogens is 308 g/mol. The molecule has 2 aromatic heterocycles. The first-order chi connectivity index (χ1) is 11.3. The topological polar surface area (TPSA) is 52.1 Å². The van der Waals surface area contributed by atoms with Crippen LogP contribution >= 0.6 is 11.3 Å². The van der Waals surface area contributed by atoms with Crippen molar-refractivity contribution in [3.05, 3.63) is 76.0 Å². The van der Waals surface area contributed by atoms with Crippen molar-refractivity contribution in [2.24, 2.45) is 0 Å². The van der Waals surface area contributed by atoms with Gasteiger partial charge in [0, 0.05) is 18.0 Å². The van der Waals surface area contributed by atoms with Crippen LogP contribution in [0.5, 0.6) is 5.75 Å². The fourth-order valence-corrected chi connectivity index (χ4v) is 3.09. The second kappa shape index (κ2) is 7.15. The molecule has 0 saturated heterocycles. The molecule has 23 heavy (non-hydrogen) atoms. The molecule has 0 radical (unpaired) electrons. The van der Waals surface area contributed by atoms with E-state index in [1.807, 2.05) is 29.6 Å². The van der Waals surface area contributed by atoms with E-state index >= 15 is 0 Å². The summed E-state index contributed by atoms with van der Waals surface area (Å²) in [6.07, 6.45) is 5.40. The van der Waals surface area contributed by atoms with Gasteiger partial charge in [-0.25, -0.2) is 9.97 Å². The summed E-state index contributed by atoms with van der Waals surface area (Å²) in [5, 5.41) is 1.95. The largest absolute Gasteiger partial charge is 0.489 e. The van der Waals surface area contributed by atoms with E-state index < -0.39 is 0 Å². The van der Waals surface area contributed by atoms with Gasteiger partial charge < -0.3 is 4.74 Å². The van der Waals surface area contributed by atoms with Crippen LogP contribution in [0.2, 0.25) is 0 Å². The summed E-state index contributed by atoms with van der Waals surface area (Å²) in [4.78, 5) is 20.8. The van der Waals surface area contributed by atoms with Crippen molar-refractivity contribution in [2.75, 3.05) is 0 Å². The summed E-state index contributed by atoms with van der Waals surface area (Å²) in [5.41, 5.74) is 2.67. The molecule has 0 fully saturated rings. The Hall–Kier alpha value is -2.53. The monoisotopic (exact) mass is 324 g/mol. The van der Waals surface area contributed by atoms with Crippen molar-refractivity contribution in [1.82, 2.24) is 9.97 Å². The van der Waals surface area contributed by atoms with E-state index in [-0.39, 0.29) is 5.78 Å². The number of aromatic nitrogens is 2. The third-order valence-electron chi connectivity index (χ3n) is 3.45. The Morgan fingerprint density at radius 1 is 1.22 bits per heavy atom. The van der Waals surface area contributed by atoms with Crippen LogP contribution in [0.3, 0.4) is 0 Å². The number of thiophene rings is 1. The van der Waals surface area contributed by atoms with Crippen LogP contribution in [0, 0.1) is 0 Å². The molecule has 0 spiro atoms. The third kappa shape index (κ3) is 3.63. The lowest BCUT2D eigenvalue weighted by Crippen LogP contribution is -2.00. The number of aryl methyl sites for hydroxylation is 1. The molecule has 0 unspecified atom stereocenters. The molecule has 3 rings (SSSR count). The van der Waals surface area contributed by atoms with E-state index in [1.165, 1.54) is 35.6 Å². The average molecular weight is 324 g/mol. The number of hydrogen-bond donors (Lipinski definition) is 0. The van der Waals surface area contributed by atoms with E-state index in [4.69, 9.17) is 4.74 Å². The van der Waals surface area contributed by atoms with Crippen LogP contribution in [-0.4, -0.2) is 15.8 Å². The predicted molar refractivity (Wildman–Crippen MR) is 89.9 cm³/mol. The maximum absolute atomic E-state index is 12.3. The van der Waals surface area contributed by atoms with Crippen molar-refractivity contribution >= 4 is 17.1 Å². The zero-order valence-electron chi connectivity index (χ0n) is 12.7. The molecule has 3 aromatic rings. The molecule has 0 aliphatic heterocycles. The molecule has 0 aliphatic carbocycles. The van der Waals surface area contributed by atoms with Crippen molar-refractivity contribution < 1.29 is 9.53 Å². The SMILES string of the molecule is CCc1ccccc1OCc1csc(C(=O)c2cncnc2)c1. The molecule has 0 saturated carbocycles. The van der Waals surface area contributed by atoms with Gasteiger partial charge in [0.1, 0.15) is 18.7 Å². The first kappa shape index (κ1) is 15.4. The number of carbonyl (C=O) groups is 1. The number of ketones is 1. The minimum atomic E-state index is -0.0594. The molecule has 116 valence electrons. The van der Waals surface area contributed by atoms with E-state index in [1.54, 1.807) is 0 Å². The molecule has 4 nitrogen and oxygen atoms in total. The first-order valence-corrected chi connectivity index (χ1v) is 8.23. The number of para-hydroxylation sites is 1. The predicted octanol–water partition coefficient (Wildman–Crippen LogP) is 3.91. The summed E-state index contributed by atoms with van der Waals surface area (Å²) < 4.78 is 5.88. The maximum Gasteiger partial charge on any atom is 0.206 e. The lowest BCUT2D eigenvalue weighted by Gasteiger charge is -2.09. The van der Waals surface area contributed by atoms with Crippen molar-refractivity contribution in [1.29, 1.82) is 0 Å². The Bertz CT molecular complexity index is 800. The lowest BCUT2D eigenvalue weighted by molar-refractivity contribution is 0.104. The van der Waals surface area contributed by atoms with Crippen LogP contribution in [0.4, 0.5) is 0 Å². The van der Waals surface area contributed by atoms with E-state index in [9.17, 15) is 4.79 Å². The molecule has 0 bridgehead atoms. The van der Waals surface area contributed by atoms with Crippen LogP contribution in [0.15, 0.2) is 54.4 Å². The maximum atomic E-state index is 12.3. The highest BCUT2D eigenvalue weighted by Crippen LogP contribution is 2.22. The zero-order valence-corrected chi connectivity index (χ0v) is 13.5. The Morgan fingerprint density at radius 2 is 2.00 bits per heavy atom. The fourth-order valence-electron chi connectivity index (χ4n) is 2.23. The van der Waals surface area contributed by atoms with Crippen LogP contribution in [0.25, 0.3) is 0 Å². The molecule has 2 heterocycles. The number of ether oxygens (including phenoxy) is 1. The molecule has 1 aromatic carbocycles. The lowest BCUT2D eigenvalue weighted by atomic mass is 10.1. The van der Waals surface area contributed by atoms with E-state index in [0.29, 0.717) is 17.0 Å². The van der Waals surface area contributed by atoms with Gasteiger partial charge in [-0.2, -0.15) is 0 Å². The van der Waals surface area contributed by atoms with Gasteiger partial charge >= 0.3 is 0 Å². The quantitative estimate of drug-likeness (QED) is 0.645. The van der Waals surface area contributed by atoms with E-state index in [0.717, 1.165) is 17.7 Å². The van der Waals surface area contributed by atoms with Gasteiger partial charge in [0.15, 0.2) is 0 Å². The van der Waals surface area contributed by atoms with Crippen molar-refractivity contribution in [3.63, 3.8) is 0 Å². The Labute approximate surface area is 138 Å². The second-order valence-corrected chi connectivity index (χ2v) is 5.94. The second-order valence-electron chi connectivity index (χ2n) is 5.03. The number of carbonyl (C=O) groups excluding carboxylic acids is 1. The van der Waals surface area contributed by atoms with Gasteiger partial charge in [-0.3, -0.25) is 4.79 Å². The zero-order chi connectivity index (χ0) is 16.1. The molecule has 0 aliphatic rings. The van der Waals surface area contributed by atoms with Gasteiger partial charge in [-0.1, -0.05) is 25.1 Å². The number of hydrogen-bond acceptors (Lipinski definition) is 5.